The first kappa shape index (κ1) is 10.8. The van der Waals surface area contributed by atoms with Gasteiger partial charge in [-0.3, -0.25) is 4.79 Å². The molecule has 5 heteroatoms. The van der Waals surface area contributed by atoms with Gasteiger partial charge in [0.2, 0.25) is 0 Å². The van der Waals surface area contributed by atoms with E-state index in [1.54, 1.807) is 0 Å². The minimum absolute atomic E-state index is 0.382. The van der Waals surface area contributed by atoms with E-state index in [-0.39, 0.29) is 5.97 Å². The van der Waals surface area contributed by atoms with Crippen molar-refractivity contribution in [3.8, 4) is 0 Å². The summed E-state index contributed by atoms with van der Waals surface area (Å²) in [6.45, 7) is 0.642. The van der Waals surface area contributed by atoms with Gasteiger partial charge in [-0.05, 0) is 19.4 Å². The SMILES string of the molecule is NCCCC[C@H](N)C(=O)OP. The van der Waals surface area contributed by atoms with Crippen molar-refractivity contribution in [2.75, 3.05) is 6.54 Å². The van der Waals surface area contributed by atoms with E-state index in [1.165, 1.54) is 0 Å². The average molecular weight is 178 g/mol. The quantitative estimate of drug-likeness (QED) is 0.450. The number of hydrogen-bond donors (Lipinski definition) is 2. The van der Waals surface area contributed by atoms with E-state index in [2.05, 4.69) is 4.52 Å². The third kappa shape index (κ3) is 5.13. The summed E-state index contributed by atoms with van der Waals surface area (Å²) in [5.74, 6) is -0.382. The van der Waals surface area contributed by atoms with Crippen LogP contribution >= 0.6 is 9.47 Å². The summed E-state index contributed by atoms with van der Waals surface area (Å²) >= 11 is 0. The summed E-state index contributed by atoms with van der Waals surface area (Å²) < 4.78 is 4.36. The Balaban J connectivity index is 3.36. The van der Waals surface area contributed by atoms with Crippen LogP contribution in [-0.4, -0.2) is 18.6 Å². The van der Waals surface area contributed by atoms with Crippen molar-refractivity contribution in [1.82, 2.24) is 0 Å². The average Bonchev–Trinajstić information content (AvgIpc) is 2.03. The molecule has 0 aliphatic heterocycles. The van der Waals surface area contributed by atoms with Gasteiger partial charge in [-0.1, -0.05) is 6.42 Å². The van der Waals surface area contributed by atoms with Crippen molar-refractivity contribution in [2.45, 2.75) is 25.3 Å². The number of carbonyl (C=O) groups is 1. The minimum Gasteiger partial charge on any atom is -0.450 e. The number of carbonyl (C=O) groups excluding carboxylic acids is 1. The molecule has 0 aromatic rings. The lowest BCUT2D eigenvalue weighted by Crippen LogP contribution is -2.30. The molecule has 0 spiro atoms. The molecule has 4 N–H and O–H groups in total. The second kappa shape index (κ2) is 6.53. The van der Waals surface area contributed by atoms with Crippen LogP contribution < -0.4 is 11.5 Å². The van der Waals surface area contributed by atoms with Crippen LogP contribution in [-0.2, 0) is 9.32 Å². The van der Waals surface area contributed by atoms with Gasteiger partial charge in [0.25, 0.3) is 0 Å². The maximum Gasteiger partial charge on any atom is 0.325 e. The molecule has 2 atom stereocenters. The molecular formula is C6H15N2O2P. The zero-order valence-corrected chi connectivity index (χ0v) is 7.61. The summed E-state index contributed by atoms with van der Waals surface area (Å²) in [5.41, 5.74) is 10.7. The summed E-state index contributed by atoms with van der Waals surface area (Å²) in [7, 11) is 1.89. The third-order valence-corrected chi connectivity index (χ3v) is 1.62. The molecule has 1 unspecified atom stereocenters. The van der Waals surface area contributed by atoms with E-state index in [0.717, 1.165) is 12.8 Å². The summed E-state index contributed by atoms with van der Waals surface area (Å²) in [6, 6.07) is -0.501. The molecule has 0 radical (unpaired) electrons. The summed E-state index contributed by atoms with van der Waals surface area (Å²) in [5, 5.41) is 0. The Hall–Kier alpha value is -0.180. The normalized spacial score (nSPS) is 12.6. The lowest BCUT2D eigenvalue weighted by atomic mass is 10.1. The maximum absolute atomic E-state index is 10.7. The molecule has 11 heavy (non-hydrogen) atoms. The zero-order valence-electron chi connectivity index (χ0n) is 6.45. The second-order valence-corrected chi connectivity index (χ2v) is 2.56. The van der Waals surface area contributed by atoms with Crippen molar-refractivity contribution in [3.05, 3.63) is 0 Å². The molecule has 0 rings (SSSR count). The highest BCUT2D eigenvalue weighted by Gasteiger charge is 2.11. The maximum atomic E-state index is 10.7. The van der Waals surface area contributed by atoms with E-state index in [9.17, 15) is 4.79 Å². The van der Waals surface area contributed by atoms with Gasteiger partial charge >= 0.3 is 5.97 Å². The van der Waals surface area contributed by atoms with Crippen molar-refractivity contribution in [3.63, 3.8) is 0 Å². The van der Waals surface area contributed by atoms with Gasteiger partial charge < -0.3 is 16.0 Å². The molecule has 0 aromatic heterocycles. The number of rotatable bonds is 5. The van der Waals surface area contributed by atoms with Crippen LogP contribution in [0.5, 0.6) is 0 Å². The van der Waals surface area contributed by atoms with E-state index in [0.29, 0.717) is 13.0 Å². The molecule has 0 aliphatic rings. The van der Waals surface area contributed by atoms with Gasteiger partial charge in [-0.25, -0.2) is 0 Å². The predicted molar refractivity (Wildman–Crippen MR) is 46.7 cm³/mol. The fourth-order valence-electron chi connectivity index (χ4n) is 0.714. The lowest BCUT2D eigenvalue weighted by Gasteiger charge is -2.07. The Labute approximate surface area is 68.9 Å². The highest BCUT2D eigenvalue weighted by molar-refractivity contribution is 7.10. The number of unbranched alkanes of at least 4 members (excludes halogenated alkanes) is 1. The van der Waals surface area contributed by atoms with E-state index < -0.39 is 6.04 Å². The van der Waals surface area contributed by atoms with Gasteiger partial charge in [-0.2, -0.15) is 0 Å². The minimum atomic E-state index is -0.501. The largest absolute Gasteiger partial charge is 0.450 e. The van der Waals surface area contributed by atoms with Gasteiger partial charge in [-0.15, -0.1) is 0 Å². The van der Waals surface area contributed by atoms with Gasteiger partial charge in [0, 0.05) is 0 Å². The first-order valence-corrected chi connectivity index (χ1v) is 4.05. The van der Waals surface area contributed by atoms with Crippen LogP contribution in [0.2, 0.25) is 0 Å². The van der Waals surface area contributed by atoms with Crippen LogP contribution in [0, 0.1) is 0 Å². The molecule has 66 valence electrons. The Morgan fingerprint density at radius 3 is 2.64 bits per heavy atom. The van der Waals surface area contributed by atoms with Crippen LogP contribution in [0.4, 0.5) is 0 Å². The molecule has 0 fully saturated rings. The first-order valence-electron chi connectivity index (χ1n) is 3.58. The smallest absolute Gasteiger partial charge is 0.325 e. The van der Waals surface area contributed by atoms with Crippen LogP contribution in [0.3, 0.4) is 0 Å². The van der Waals surface area contributed by atoms with Crippen LogP contribution in [0.25, 0.3) is 0 Å². The Morgan fingerprint density at radius 1 is 1.55 bits per heavy atom. The summed E-state index contributed by atoms with van der Waals surface area (Å²) in [4.78, 5) is 10.7. The highest BCUT2D eigenvalue weighted by Crippen LogP contribution is 2.01. The van der Waals surface area contributed by atoms with E-state index >= 15 is 0 Å². The Morgan fingerprint density at radius 2 is 2.18 bits per heavy atom. The lowest BCUT2D eigenvalue weighted by molar-refractivity contribution is -0.134. The fraction of sp³-hybridized carbons (Fsp3) is 0.833. The van der Waals surface area contributed by atoms with E-state index in [4.69, 9.17) is 11.5 Å². The molecule has 0 aliphatic carbocycles. The van der Waals surface area contributed by atoms with Crippen LogP contribution in [0.1, 0.15) is 19.3 Å². The fourth-order valence-corrected chi connectivity index (χ4v) is 0.889. The Kier molecular flexibility index (Phi) is 6.42. The number of nitrogens with two attached hydrogens (primary N) is 2. The second-order valence-electron chi connectivity index (χ2n) is 2.33. The van der Waals surface area contributed by atoms with Crippen molar-refractivity contribution >= 4 is 15.4 Å². The molecule has 0 amide bonds. The molecule has 0 aromatic carbocycles. The van der Waals surface area contributed by atoms with E-state index in [1.807, 2.05) is 9.47 Å². The molecule has 0 saturated carbocycles. The van der Waals surface area contributed by atoms with Crippen LogP contribution in [0.15, 0.2) is 0 Å². The third-order valence-electron chi connectivity index (χ3n) is 1.39. The topological polar surface area (TPSA) is 78.3 Å². The summed E-state index contributed by atoms with van der Waals surface area (Å²) in [6.07, 6.45) is 2.42. The van der Waals surface area contributed by atoms with Crippen molar-refractivity contribution in [1.29, 1.82) is 0 Å². The number of hydrogen-bond acceptors (Lipinski definition) is 4. The highest BCUT2D eigenvalue weighted by atomic mass is 31.0. The molecule has 0 heterocycles. The monoisotopic (exact) mass is 178 g/mol. The predicted octanol–water partition coefficient (Wildman–Crippen LogP) is -0.224. The van der Waals surface area contributed by atoms with Crippen molar-refractivity contribution in [2.24, 2.45) is 11.5 Å². The van der Waals surface area contributed by atoms with Gasteiger partial charge in [0.1, 0.15) is 6.04 Å². The first-order chi connectivity index (χ1) is 5.22. The molecule has 0 saturated heterocycles. The van der Waals surface area contributed by atoms with Gasteiger partial charge in [0.05, 0.1) is 9.47 Å². The molecular weight excluding hydrogens is 163 g/mol. The Bertz CT molecular complexity index is 121. The molecule has 4 nitrogen and oxygen atoms in total. The standard InChI is InChI=1S/C6H15N2O2P/c7-4-2-1-3-5(8)6(9)10-11/h5H,1-4,7-8,11H2/t5-/m0/s1. The molecule has 0 bridgehead atoms. The zero-order chi connectivity index (χ0) is 8.69. The van der Waals surface area contributed by atoms with Crippen molar-refractivity contribution < 1.29 is 9.32 Å². The van der Waals surface area contributed by atoms with Gasteiger partial charge in [0.15, 0.2) is 0 Å².